The second kappa shape index (κ2) is 8.35. The Hall–Kier alpha value is -3.46. The molecule has 0 saturated carbocycles. The molecule has 2 heterocycles. The molecule has 3 aromatic rings. The summed E-state index contributed by atoms with van der Waals surface area (Å²) in [6.45, 7) is 1.89. The Bertz CT molecular complexity index is 1170. The van der Waals surface area contributed by atoms with Gasteiger partial charge in [-0.1, -0.05) is 6.07 Å². The topological polar surface area (TPSA) is 98.1 Å². The van der Waals surface area contributed by atoms with Crippen molar-refractivity contribution in [3.63, 3.8) is 0 Å². The van der Waals surface area contributed by atoms with Crippen LogP contribution in [0.4, 0.5) is 5.69 Å². The normalized spacial score (nSPS) is 15.7. The van der Waals surface area contributed by atoms with Crippen LogP contribution in [0.1, 0.15) is 11.3 Å². The van der Waals surface area contributed by atoms with E-state index in [1.807, 2.05) is 6.92 Å². The van der Waals surface area contributed by atoms with Crippen molar-refractivity contribution in [2.24, 2.45) is 0 Å². The second-order valence-electron chi connectivity index (χ2n) is 7.09. The minimum atomic E-state index is -3.94. The average Bonchev–Trinajstić information content (AvgIpc) is 3.30. The molecular weight excluding hydrogens is 420 g/mol. The Kier molecular flexibility index (Phi) is 5.60. The lowest BCUT2D eigenvalue weighted by atomic mass is 10.1. The van der Waals surface area contributed by atoms with E-state index in [9.17, 15) is 13.2 Å². The molecule has 1 aromatic heterocycles. The molecule has 31 heavy (non-hydrogen) atoms. The molecule has 1 aliphatic rings. The Labute approximate surface area is 180 Å². The maximum atomic E-state index is 13.4. The first-order valence-electron chi connectivity index (χ1n) is 9.62. The van der Waals surface area contributed by atoms with Crippen LogP contribution in [-0.2, 0) is 21.4 Å². The highest BCUT2D eigenvalue weighted by molar-refractivity contribution is 7.92. The first-order valence-corrected chi connectivity index (χ1v) is 11.1. The molecule has 0 fully saturated rings. The predicted octanol–water partition coefficient (Wildman–Crippen LogP) is 2.87. The van der Waals surface area contributed by atoms with Crippen LogP contribution < -0.4 is 19.1 Å². The van der Waals surface area contributed by atoms with Gasteiger partial charge in [-0.05, 0) is 61.0 Å². The Morgan fingerprint density at radius 1 is 1.19 bits per heavy atom. The van der Waals surface area contributed by atoms with Gasteiger partial charge in [0.25, 0.3) is 15.9 Å². The fraction of sp³-hybridized carbons (Fsp3) is 0.227. The second-order valence-corrected chi connectivity index (χ2v) is 8.95. The van der Waals surface area contributed by atoms with Crippen molar-refractivity contribution in [2.75, 3.05) is 18.0 Å². The molecule has 162 valence electrons. The van der Waals surface area contributed by atoms with Crippen molar-refractivity contribution in [1.82, 2.24) is 5.32 Å². The van der Waals surface area contributed by atoms with Crippen molar-refractivity contribution in [1.29, 1.82) is 0 Å². The van der Waals surface area contributed by atoms with Crippen molar-refractivity contribution in [2.45, 2.75) is 24.5 Å². The number of furan rings is 1. The third-order valence-electron chi connectivity index (χ3n) is 4.94. The summed E-state index contributed by atoms with van der Waals surface area (Å²) in [5, 5.41) is 2.73. The van der Waals surface area contributed by atoms with Gasteiger partial charge in [-0.2, -0.15) is 0 Å². The zero-order chi connectivity index (χ0) is 22.0. The molecule has 1 aliphatic heterocycles. The lowest BCUT2D eigenvalue weighted by Gasteiger charge is -2.35. The van der Waals surface area contributed by atoms with E-state index in [1.54, 1.807) is 42.5 Å². The summed E-state index contributed by atoms with van der Waals surface area (Å²) in [6, 6.07) is 14.8. The van der Waals surface area contributed by atoms with Crippen LogP contribution in [-0.4, -0.2) is 34.1 Å². The molecule has 4 rings (SSSR count). The number of methoxy groups -OCH3 is 1. The molecule has 0 aliphatic carbocycles. The minimum absolute atomic E-state index is 0.0940. The molecule has 0 bridgehead atoms. The summed E-state index contributed by atoms with van der Waals surface area (Å²) in [7, 11) is -2.43. The van der Waals surface area contributed by atoms with Gasteiger partial charge in [0.05, 0.1) is 37.0 Å². The molecule has 1 amide bonds. The lowest BCUT2D eigenvalue weighted by molar-refractivity contribution is -0.128. The van der Waals surface area contributed by atoms with E-state index >= 15 is 0 Å². The number of benzene rings is 2. The summed E-state index contributed by atoms with van der Waals surface area (Å²) in [5.74, 6) is 1.04. The van der Waals surface area contributed by atoms with Crippen LogP contribution in [0.2, 0.25) is 0 Å². The zero-order valence-corrected chi connectivity index (χ0v) is 17.9. The fourth-order valence-electron chi connectivity index (χ4n) is 3.30. The van der Waals surface area contributed by atoms with Crippen molar-refractivity contribution in [3.05, 3.63) is 72.2 Å². The number of amides is 1. The maximum Gasteiger partial charge on any atom is 0.264 e. The molecule has 0 unspecified atom stereocenters. The Morgan fingerprint density at radius 3 is 2.65 bits per heavy atom. The predicted molar refractivity (Wildman–Crippen MR) is 114 cm³/mol. The monoisotopic (exact) mass is 442 g/mol. The van der Waals surface area contributed by atoms with E-state index in [1.165, 1.54) is 29.8 Å². The smallest absolute Gasteiger partial charge is 0.264 e. The van der Waals surface area contributed by atoms with E-state index in [0.717, 1.165) is 5.56 Å². The number of fused-ring (bicyclic) bond motifs is 1. The van der Waals surface area contributed by atoms with E-state index in [0.29, 0.717) is 22.9 Å². The van der Waals surface area contributed by atoms with Gasteiger partial charge in [-0.25, -0.2) is 8.42 Å². The molecule has 2 aromatic carbocycles. The van der Waals surface area contributed by atoms with Gasteiger partial charge in [-0.3, -0.25) is 9.10 Å². The van der Waals surface area contributed by atoms with Crippen molar-refractivity contribution >= 4 is 21.6 Å². The van der Waals surface area contributed by atoms with Gasteiger partial charge in [0.15, 0.2) is 6.10 Å². The zero-order valence-electron chi connectivity index (χ0n) is 17.1. The number of nitrogens with zero attached hydrogens (tertiary/aromatic N) is 1. The average molecular weight is 442 g/mol. The fourth-order valence-corrected chi connectivity index (χ4v) is 4.78. The number of sulfonamides is 1. The van der Waals surface area contributed by atoms with E-state index in [-0.39, 0.29) is 18.0 Å². The highest BCUT2D eigenvalue weighted by Crippen LogP contribution is 2.38. The standard InChI is InChI=1S/C22H22N2O6S/c1-15-5-10-19-20(12-15)30-21(22(25)23-13-17-4-3-11-29-17)14-24(19)31(26,27)18-8-6-16(28-2)7-9-18/h3-12,21H,13-14H2,1-2H3,(H,23,25)/t21-/m0/s1. The quantitative estimate of drug-likeness (QED) is 0.630. The van der Waals surface area contributed by atoms with Gasteiger partial charge in [0, 0.05) is 0 Å². The van der Waals surface area contributed by atoms with E-state index in [2.05, 4.69) is 5.32 Å². The third kappa shape index (κ3) is 4.22. The highest BCUT2D eigenvalue weighted by Gasteiger charge is 2.37. The highest BCUT2D eigenvalue weighted by atomic mass is 32.2. The van der Waals surface area contributed by atoms with Gasteiger partial charge in [0.1, 0.15) is 17.3 Å². The Morgan fingerprint density at radius 2 is 1.97 bits per heavy atom. The maximum absolute atomic E-state index is 13.4. The van der Waals surface area contributed by atoms with Gasteiger partial charge < -0.3 is 19.2 Å². The number of carbonyl (C=O) groups excluding carboxylic acids is 1. The van der Waals surface area contributed by atoms with Crippen LogP contribution in [0, 0.1) is 6.92 Å². The van der Waals surface area contributed by atoms with Crippen LogP contribution in [0.5, 0.6) is 11.5 Å². The molecule has 0 radical (unpaired) electrons. The summed E-state index contributed by atoms with van der Waals surface area (Å²) >= 11 is 0. The number of rotatable bonds is 6. The van der Waals surface area contributed by atoms with E-state index < -0.39 is 22.0 Å². The number of hydrogen-bond donors (Lipinski definition) is 1. The summed E-state index contributed by atoms with van der Waals surface area (Å²) in [5.41, 5.74) is 1.27. The number of aryl methyl sites for hydroxylation is 1. The molecule has 9 heteroatoms. The van der Waals surface area contributed by atoms with Crippen molar-refractivity contribution in [3.8, 4) is 11.5 Å². The third-order valence-corrected chi connectivity index (χ3v) is 6.74. The molecule has 0 saturated heterocycles. The molecule has 8 nitrogen and oxygen atoms in total. The SMILES string of the molecule is COc1ccc(S(=O)(=O)N2C[C@@H](C(=O)NCc3ccco3)Oc3cc(C)ccc32)cc1. The number of anilines is 1. The first-order chi connectivity index (χ1) is 14.9. The largest absolute Gasteiger partial charge is 0.497 e. The number of nitrogens with one attached hydrogen (secondary N) is 1. The molecular formula is C22H22N2O6S. The van der Waals surface area contributed by atoms with Gasteiger partial charge >= 0.3 is 0 Å². The summed E-state index contributed by atoms with van der Waals surface area (Å²) in [4.78, 5) is 12.9. The summed E-state index contributed by atoms with van der Waals surface area (Å²) < 4.78 is 44.3. The lowest BCUT2D eigenvalue weighted by Crippen LogP contribution is -2.50. The molecule has 1 atom stereocenters. The van der Waals surface area contributed by atoms with E-state index in [4.69, 9.17) is 13.9 Å². The number of carbonyl (C=O) groups is 1. The summed E-state index contributed by atoms with van der Waals surface area (Å²) in [6.07, 6.45) is 0.498. The van der Waals surface area contributed by atoms with Crippen molar-refractivity contribution < 1.29 is 27.1 Å². The first kappa shape index (κ1) is 20.8. The number of hydrogen-bond acceptors (Lipinski definition) is 6. The molecule has 1 N–H and O–H groups in total. The van der Waals surface area contributed by atoms with Crippen LogP contribution in [0.3, 0.4) is 0 Å². The van der Waals surface area contributed by atoms with Gasteiger partial charge in [0.2, 0.25) is 0 Å². The van der Waals surface area contributed by atoms with Crippen LogP contribution >= 0.6 is 0 Å². The van der Waals surface area contributed by atoms with Gasteiger partial charge in [-0.15, -0.1) is 0 Å². The number of ether oxygens (including phenoxy) is 2. The Balaban J connectivity index is 1.64. The minimum Gasteiger partial charge on any atom is -0.497 e. The van der Waals surface area contributed by atoms with Crippen LogP contribution in [0.15, 0.2) is 70.2 Å². The van der Waals surface area contributed by atoms with Crippen LogP contribution in [0.25, 0.3) is 0 Å². The molecule has 0 spiro atoms.